The van der Waals surface area contributed by atoms with Gasteiger partial charge in [0.15, 0.2) is 0 Å². The zero-order valence-corrected chi connectivity index (χ0v) is 10.9. The van der Waals surface area contributed by atoms with Gasteiger partial charge in [-0.15, -0.1) is 10.2 Å². The summed E-state index contributed by atoms with van der Waals surface area (Å²) in [6.07, 6.45) is 2.33. The van der Waals surface area contributed by atoms with E-state index in [1.807, 2.05) is 13.0 Å². The first-order valence-corrected chi connectivity index (χ1v) is 6.81. The highest BCUT2D eigenvalue weighted by molar-refractivity contribution is 7.13. The molecule has 0 bridgehead atoms. The van der Waals surface area contributed by atoms with Crippen molar-refractivity contribution in [2.45, 2.75) is 25.8 Å². The van der Waals surface area contributed by atoms with E-state index < -0.39 is 0 Å². The summed E-state index contributed by atoms with van der Waals surface area (Å²) in [5.41, 5.74) is 2.74. The van der Waals surface area contributed by atoms with Crippen LogP contribution >= 0.6 is 11.3 Å². The lowest BCUT2D eigenvalue weighted by atomic mass is 10.1. The fourth-order valence-electron chi connectivity index (χ4n) is 2.11. The van der Waals surface area contributed by atoms with Crippen LogP contribution in [0.1, 0.15) is 30.4 Å². The molecule has 18 heavy (non-hydrogen) atoms. The first-order chi connectivity index (χ1) is 8.81. The minimum absolute atomic E-state index is 0.349. The Bertz CT molecular complexity index is 520. The van der Waals surface area contributed by atoms with E-state index in [0.29, 0.717) is 6.04 Å². The summed E-state index contributed by atoms with van der Waals surface area (Å²) < 4.78 is 0. The third-order valence-electron chi connectivity index (χ3n) is 2.87. The maximum Gasteiger partial charge on any atom is 0.210 e. The number of rotatable bonds is 3. The van der Waals surface area contributed by atoms with Crippen LogP contribution in [0.2, 0.25) is 0 Å². The molecule has 0 amide bonds. The summed E-state index contributed by atoms with van der Waals surface area (Å²) >= 11 is 1.45. The van der Waals surface area contributed by atoms with Gasteiger partial charge in [-0.05, 0) is 26.3 Å². The molecule has 2 aromatic heterocycles. The molecule has 0 aromatic carbocycles. The maximum absolute atomic E-state index is 4.50. The normalized spacial score (nSPS) is 19.1. The van der Waals surface area contributed by atoms with Crippen molar-refractivity contribution in [2.24, 2.45) is 0 Å². The molecule has 3 rings (SSSR count). The monoisotopic (exact) mass is 262 g/mol. The van der Waals surface area contributed by atoms with Crippen LogP contribution in [0.5, 0.6) is 0 Å². The smallest absolute Gasteiger partial charge is 0.210 e. The van der Waals surface area contributed by atoms with E-state index in [1.165, 1.54) is 17.8 Å². The van der Waals surface area contributed by atoms with Crippen LogP contribution in [0.4, 0.5) is 10.9 Å². The highest BCUT2D eigenvalue weighted by Crippen LogP contribution is 2.24. The zero-order valence-electron chi connectivity index (χ0n) is 10.1. The van der Waals surface area contributed by atoms with Crippen molar-refractivity contribution in [3.05, 3.63) is 23.1 Å². The molecule has 0 radical (unpaired) electrons. The van der Waals surface area contributed by atoms with Crippen molar-refractivity contribution in [3.63, 3.8) is 0 Å². The van der Waals surface area contributed by atoms with Crippen LogP contribution in [0.25, 0.3) is 0 Å². The highest BCUT2D eigenvalue weighted by atomic mass is 32.1. The Balaban J connectivity index is 1.85. The molecule has 2 aromatic rings. The Labute approximate surface area is 109 Å². The Hall–Kier alpha value is -1.60. The molecular weight excluding hydrogens is 248 g/mol. The van der Waals surface area contributed by atoms with Gasteiger partial charge in [0.05, 0.1) is 5.69 Å². The summed E-state index contributed by atoms with van der Waals surface area (Å²) in [4.78, 5) is 8.87. The SMILES string of the molecule is Cc1nc(Nc2nncs2)cc(C2CCCN2)n1. The Kier molecular flexibility index (Phi) is 3.16. The summed E-state index contributed by atoms with van der Waals surface area (Å²) in [5, 5.41) is 15.1. The number of nitrogens with one attached hydrogen (secondary N) is 2. The van der Waals surface area contributed by atoms with E-state index in [9.17, 15) is 0 Å². The van der Waals surface area contributed by atoms with Crippen LogP contribution in [0.15, 0.2) is 11.6 Å². The second-order valence-corrected chi connectivity index (χ2v) is 5.08. The van der Waals surface area contributed by atoms with Crippen molar-refractivity contribution in [1.29, 1.82) is 0 Å². The van der Waals surface area contributed by atoms with Gasteiger partial charge in [-0.1, -0.05) is 11.3 Å². The number of hydrogen-bond acceptors (Lipinski definition) is 7. The fourth-order valence-corrected chi connectivity index (χ4v) is 2.56. The first kappa shape index (κ1) is 11.5. The van der Waals surface area contributed by atoms with Crippen LogP contribution in [-0.4, -0.2) is 26.7 Å². The van der Waals surface area contributed by atoms with Gasteiger partial charge in [0.1, 0.15) is 17.2 Å². The third kappa shape index (κ3) is 2.46. The number of anilines is 2. The maximum atomic E-state index is 4.50. The van der Waals surface area contributed by atoms with Gasteiger partial charge in [-0.2, -0.15) is 0 Å². The molecule has 7 heteroatoms. The summed E-state index contributed by atoms with van der Waals surface area (Å²) in [6.45, 7) is 2.97. The van der Waals surface area contributed by atoms with Gasteiger partial charge in [0.2, 0.25) is 5.13 Å². The van der Waals surface area contributed by atoms with E-state index in [4.69, 9.17) is 0 Å². The molecule has 6 nitrogen and oxygen atoms in total. The average Bonchev–Trinajstić information content (AvgIpc) is 3.00. The number of nitrogens with zero attached hydrogens (tertiary/aromatic N) is 4. The van der Waals surface area contributed by atoms with Crippen molar-refractivity contribution in [3.8, 4) is 0 Å². The molecule has 1 saturated heterocycles. The van der Waals surface area contributed by atoms with Gasteiger partial charge >= 0.3 is 0 Å². The molecule has 1 aliphatic rings. The van der Waals surface area contributed by atoms with Crippen LogP contribution in [0.3, 0.4) is 0 Å². The molecule has 94 valence electrons. The van der Waals surface area contributed by atoms with Gasteiger partial charge in [0, 0.05) is 12.1 Å². The van der Waals surface area contributed by atoms with Crippen molar-refractivity contribution in [2.75, 3.05) is 11.9 Å². The molecule has 2 N–H and O–H groups in total. The minimum Gasteiger partial charge on any atom is -0.315 e. The zero-order chi connectivity index (χ0) is 12.4. The van der Waals surface area contributed by atoms with Crippen molar-refractivity contribution >= 4 is 22.3 Å². The van der Waals surface area contributed by atoms with E-state index in [1.54, 1.807) is 5.51 Å². The predicted molar refractivity (Wildman–Crippen MR) is 69.9 cm³/mol. The molecule has 3 heterocycles. The minimum atomic E-state index is 0.349. The van der Waals surface area contributed by atoms with Gasteiger partial charge in [-0.25, -0.2) is 9.97 Å². The number of aromatic nitrogens is 4. The Morgan fingerprint density at radius 2 is 2.39 bits per heavy atom. The predicted octanol–water partition coefficient (Wildman–Crippen LogP) is 1.80. The number of hydrogen-bond donors (Lipinski definition) is 2. The topological polar surface area (TPSA) is 75.6 Å². The van der Waals surface area contributed by atoms with Crippen molar-refractivity contribution < 1.29 is 0 Å². The largest absolute Gasteiger partial charge is 0.315 e. The van der Waals surface area contributed by atoms with Gasteiger partial charge in [0.25, 0.3) is 0 Å². The summed E-state index contributed by atoms with van der Waals surface area (Å²) in [5.74, 6) is 1.55. The third-order valence-corrected chi connectivity index (χ3v) is 3.48. The lowest BCUT2D eigenvalue weighted by Gasteiger charge is -2.11. The second kappa shape index (κ2) is 4.95. The average molecular weight is 262 g/mol. The van der Waals surface area contributed by atoms with Crippen LogP contribution in [0, 0.1) is 6.92 Å². The Morgan fingerprint density at radius 3 is 3.11 bits per heavy atom. The quantitative estimate of drug-likeness (QED) is 0.878. The first-order valence-electron chi connectivity index (χ1n) is 5.93. The molecule has 1 aliphatic heterocycles. The van der Waals surface area contributed by atoms with E-state index >= 15 is 0 Å². The molecule has 0 aliphatic carbocycles. The molecule has 0 spiro atoms. The van der Waals surface area contributed by atoms with E-state index in [-0.39, 0.29) is 0 Å². The lowest BCUT2D eigenvalue weighted by Crippen LogP contribution is -2.15. The van der Waals surface area contributed by atoms with Crippen LogP contribution in [-0.2, 0) is 0 Å². The lowest BCUT2D eigenvalue weighted by molar-refractivity contribution is 0.623. The van der Waals surface area contributed by atoms with E-state index in [0.717, 1.165) is 35.4 Å². The highest BCUT2D eigenvalue weighted by Gasteiger charge is 2.18. The van der Waals surface area contributed by atoms with Crippen molar-refractivity contribution in [1.82, 2.24) is 25.5 Å². The van der Waals surface area contributed by atoms with Crippen LogP contribution < -0.4 is 10.6 Å². The number of aryl methyl sites for hydroxylation is 1. The summed E-state index contributed by atoms with van der Waals surface area (Å²) in [6, 6.07) is 2.33. The second-order valence-electron chi connectivity index (χ2n) is 4.24. The van der Waals surface area contributed by atoms with Gasteiger partial charge in [-0.3, -0.25) is 0 Å². The molecular formula is C11H14N6S. The molecule has 0 saturated carbocycles. The molecule has 1 fully saturated rings. The Morgan fingerprint density at radius 1 is 1.44 bits per heavy atom. The van der Waals surface area contributed by atoms with Gasteiger partial charge < -0.3 is 10.6 Å². The standard InChI is InChI=1S/C11H14N6S/c1-7-14-9(8-3-2-4-12-8)5-10(15-7)16-11-17-13-6-18-11/h5-6,8,12H,2-4H2,1H3,(H,14,15,16,17). The molecule has 1 atom stereocenters. The molecule has 1 unspecified atom stereocenters. The summed E-state index contributed by atoms with van der Waals surface area (Å²) in [7, 11) is 0. The fraction of sp³-hybridized carbons (Fsp3) is 0.455. The van der Waals surface area contributed by atoms with E-state index in [2.05, 4.69) is 30.8 Å².